The molecular weight excluding hydrogens is 467 g/mol. The molecule has 0 saturated heterocycles. The van der Waals surface area contributed by atoms with Crippen LogP contribution in [0.1, 0.15) is 38.4 Å². The number of rotatable bonds is 11. The monoisotopic (exact) mass is 498 g/mol. The predicted octanol–water partition coefficient (Wildman–Crippen LogP) is 3.94. The van der Waals surface area contributed by atoms with Crippen molar-refractivity contribution in [1.29, 1.82) is 0 Å². The summed E-state index contributed by atoms with van der Waals surface area (Å²) in [6, 6.07) is 5.60. The molecule has 154 valence electrons. The molecule has 0 spiro atoms. The first-order valence-corrected chi connectivity index (χ1v) is 9.59. The SMILES string of the molecule is C=CCCCCCN(C)C(=NCCc1noc(-c2ccccn2)n1)NCC.I. The molecule has 0 fully saturated rings. The maximum Gasteiger partial charge on any atom is 0.276 e. The Kier molecular flexibility index (Phi) is 12.1. The summed E-state index contributed by atoms with van der Waals surface area (Å²) in [7, 11) is 2.07. The van der Waals surface area contributed by atoms with E-state index in [2.05, 4.69) is 50.9 Å². The first kappa shape index (κ1) is 24.1. The summed E-state index contributed by atoms with van der Waals surface area (Å²) in [5, 5.41) is 7.36. The van der Waals surface area contributed by atoms with Gasteiger partial charge in [-0.1, -0.05) is 23.7 Å². The third kappa shape index (κ3) is 8.37. The second-order valence-electron chi connectivity index (χ2n) is 6.28. The number of pyridine rings is 1. The Morgan fingerprint density at radius 1 is 1.32 bits per heavy atom. The summed E-state index contributed by atoms with van der Waals surface area (Å²) in [6.45, 7) is 8.26. The van der Waals surface area contributed by atoms with Crippen molar-refractivity contribution >= 4 is 29.9 Å². The van der Waals surface area contributed by atoms with Gasteiger partial charge in [0.05, 0.1) is 0 Å². The highest BCUT2D eigenvalue weighted by atomic mass is 127. The number of aromatic nitrogens is 3. The molecule has 2 aromatic rings. The van der Waals surface area contributed by atoms with Gasteiger partial charge in [-0.05, 0) is 38.3 Å². The van der Waals surface area contributed by atoms with E-state index in [0.29, 0.717) is 30.4 Å². The molecule has 0 atom stereocenters. The fourth-order valence-electron chi connectivity index (χ4n) is 2.60. The van der Waals surface area contributed by atoms with E-state index < -0.39 is 0 Å². The summed E-state index contributed by atoms with van der Waals surface area (Å²) in [5.41, 5.74) is 0.685. The Labute approximate surface area is 184 Å². The maximum absolute atomic E-state index is 5.28. The molecule has 8 heteroatoms. The molecule has 2 rings (SSSR count). The number of aliphatic imine (C=N–C) groups is 1. The third-order valence-electron chi connectivity index (χ3n) is 4.05. The summed E-state index contributed by atoms with van der Waals surface area (Å²) >= 11 is 0. The van der Waals surface area contributed by atoms with Gasteiger partial charge in [-0.25, -0.2) is 0 Å². The molecule has 0 aliphatic carbocycles. The topological polar surface area (TPSA) is 79.4 Å². The summed E-state index contributed by atoms with van der Waals surface area (Å²) in [6.07, 6.45) is 8.94. The molecule has 1 N–H and O–H groups in total. The zero-order chi connectivity index (χ0) is 19.3. The van der Waals surface area contributed by atoms with Gasteiger partial charge in [-0.3, -0.25) is 9.98 Å². The van der Waals surface area contributed by atoms with Crippen LogP contribution in [-0.4, -0.2) is 52.7 Å². The van der Waals surface area contributed by atoms with Crippen molar-refractivity contribution in [3.63, 3.8) is 0 Å². The van der Waals surface area contributed by atoms with Crippen LogP contribution >= 0.6 is 24.0 Å². The second kappa shape index (κ2) is 14.1. The minimum atomic E-state index is 0. The average Bonchev–Trinajstić information content (AvgIpc) is 3.16. The van der Waals surface area contributed by atoms with E-state index in [1.54, 1.807) is 6.20 Å². The number of nitrogens with one attached hydrogen (secondary N) is 1. The Bertz CT molecular complexity index is 704. The highest BCUT2D eigenvalue weighted by Gasteiger charge is 2.10. The van der Waals surface area contributed by atoms with Gasteiger partial charge in [0, 0.05) is 39.3 Å². The number of nitrogens with zero attached hydrogens (tertiary/aromatic N) is 5. The first-order chi connectivity index (χ1) is 13.2. The van der Waals surface area contributed by atoms with Crippen LogP contribution in [0.4, 0.5) is 0 Å². The fraction of sp³-hybridized carbons (Fsp3) is 0.500. The summed E-state index contributed by atoms with van der Waals surface area (Å²) < 4.78 is 5.28. The number of unbranched alkanes of at least 4 members (excludes halogenated alkanes) is 3. The zero-order valence-corrected chi connectivity index (χ0v) is 19.1. The minimum Gasteiger partial charge on any atom is -0.357 e. The van der Waals surface area contributed by atoms with Gasteiger partial charge in [-0.15, -0.1) is 30.6 Å². The second-order valence-corrected chi connectivity index (χ2v) is 6.28. The molecule has 0 aliphatic heterocycles. The molecule has 0 bridgehead atoms. The van der Waals surface area contributed by atoms with Crippen LogP contribution in [0.3, 0.4) is 0 Å². The highest BCUT2D eigenvalue weighted by Crippen LogP contribution is 2.13. The largest absolute Gasteiger partial charge is 0.357 e. The molecule has 2 aromatic heterocycles. The van der Waals surface area contributed by atoms with E-state index in [9.17, 15) is 0 Å². The maximum atomic E-state index is 5.28. The van der Waals surface area contributed by atoms with Gasteiger partial charge >= 0.3 is 0 Å². The molecular formula is C20H31IN6O. The molecule has 0 saturated carbocycles. The smallest absolute Gasteiger partial charge is 0.276 e. The van der Waals surface area contributed by atoms with Crippen molar-refractivity contribution in [1.82, 2.24) is 25.3 Å². The van der Waals surface area contributed by atoms with Crippen molar-refractivity contribution in [2.24, 2.45) is 4.99 Å². The van der Waals surface area contributed by atoms with Gasteiger partial charge in [0.1, 0.15) is 5.69 Å². The molecule has 7 nitrogen and oxygen atoms in total. The zero-order valence-electron chi connectivity index (χ0n) is 16.8. The Balaban J connectivity index is 0.00000392. The lowest BCUT2D eigenvalue weighted by atomic mass is 10.2. The van der Waals surface area contributed by atoms with Crippen molar-refractivity contribution in [3.8, 4) is 11.6 Å². The van der Waals surface area contributed by atoms with Crippen LogP contribution in [0.25, 0.3) is 11.6 Å². The lowest BCUT2D eigenvalue weighted by molar-refractivity contribution is 0.421. The predicted molar refractivity (Wildman–Crippen MR) is 124 cm³/mol. The normalized spacial score (nSPS) is 11.0. The van der Waals surface area contributed by atoms with Crippen molar-refractivity contribution in [2.75, 3.05) is 26.7 Å². The third-order valence-corrected chi connectivity index (χ3v) is 4.05. The van der Waals surface area contributed by atoms with Gasteiger partial charge in [0.15, 0.2) is 11.8 Å². The fourth-order valence-corrected chi connectivity index (χ4v) is 2.60. The number of hydrogen-bond donors (Lipinski definition) is 1. The van der Waals surface area contributed by atoms with Gasteiger partial charge in [0.25, 0.3) is 5.89 Å². The highest BCUT2D eigenvalue weighted by molar-refractivity contribution is 14.0. The molecule has 0 radical (unpaired) electrons. The molecule has 28 heavy (non-hydrogen) atoms. The number of guanidine groups is 1. The quantitative estimate of drug-likeness (QED) is 0.166. The van der Waals surface area contributed by atoms with Gasteiger partial charge in [0.2, 0.25) is 0 Å². The first-order valence-electron chi connectivity index (χ1n) is 9.59. The van der Waals surface area contributed by atoms with Gasteiger partial charge in [-0.2, -0.15) is 4.98 Å². The lowest BCUT2D eigenvalue weighted by Gasteiger charge is -2.21. The van der Waals surface area contributed by atoms with Crippen LogP contribution in [0, 0.1) is 0 Å². The van der Waals surface area contributed by atoms with Crippen molar-refractivity contribution in [3.05, 3.63) is 42.9 Å². The Morgan fingerprint density at radius 3 is 2.89 bits per heavy atom. The van der Waals surface area contributed by atoms with E-state index in [1.807, 2.05) is 24.3 Å². The Hall–Kier alpha value is -1.97. The molecule has 0 aliphatic rings. The molecule has 0 aromatic carbocycles. The number of hydrogen-bond acceptors (Lipinski definition) is 5. The average molecular weight is 498 g/mol. The van der Waals surface area contributed by atoms with E-state index in [4.69, 9.17) is 4.52 Å². The lowest BCUT2D eigenvalue weighted by Crippen LogP contribution is -2.39. The molecule has 0 unspecified atom stereocenters. The number of allylic oxidation sites excluding steroid dienone is 1. The van der Waals surface area contributed by atoms with E-state index in [1.165, 1.54) is 12.8 Å². The van der Waals surface area contributed by atoms with E-state index in [0.717, 1.165) is 31.9 Å². The van der Waals surface area contributed by atoms with Crippen LogP contribution in [0.5, 0.6) is 0 Å². The van der Waals surface area contributed by atoms with Gasteiger partial charge < -0.3 is 14.7 Å². The van der Waals surface area contributed by atoms with E-state index in [-0.39, 0.29) is 24.0 Å². The summed E-state index contributed by atoms with van der Waals surface area (Å²) in [4.78, 5) is 15.5. The molecule has 2 heterocycles. The summed E-state index contributed by atoms with van der Waals surface area (Å²) in [5.74, 6) is 2.00. The van der Waals surface area contributed by atoms with E-state index >= 15 is 0 Å². The number of halogens is 1. The van der Waals surface area contributed by atoms with Crippen molar-refractivity contribution < 1.29 is 4.52 Å². The van der Waals surface area contributed by atoms with Crippen LogP contribution in [-0.2, 0) is 6.42 Å². The molecule has 0 amide bonds. The van der Waals surface area contributed by atoms with Crippen LogP contribution in [0.2, 0.25) is 0 Å². The van der Waals surface area contributed by atoms with Crippen LogP contribution in [0.15, 0.2) is 46.6 Å². The minimum absolute atomic E-state index is 0. The van der Waals surface area contributed by atoms with Crippen LogP contribution < -0.4 is 5.32 Å². The Morgan fingerprint density at radius 2 is 2.18 bits per heavy atom. The standard InChI is InChI=1S/C20H30N6O.HI/c1-4-6-7-8-11-16-26(3)20(21-5-2)23-15-13-18-24-19(27-25-18)17-12-9-10-14-22-17;/h4,9-10,12,14H,1,5-8,11,13,15-16H2,2-3H3,(H,21,23);1H. The van der Waals surface area contributed by atoms with Crippen molar-refractivity contribution in [2.45, 2.75) is 39.0 Å².